The fourth-order valence-electron chi connectivity index (χ4n) is 2.97. The third-order valence-corrected chi connectivity index (χ3v) is 4.24. The molecule has 0 aliphatic heterocycles. The molecule has 1 heterocycles. The Morgan fingerprint density at radius 2 is 1.74 bits per heavy atom. The van der Waals surface area contributed by atoms with Gasteiger partial charge >= 0.3 is 0 Å². The molecule has 1 aliphatic carbocycles. The van der Waals surface area contributed by atoms with E-state index in [1.54, 1.807) is 7.05 Å². The van der Waals surface area contributed by atoms with Crippen molar-refractivity contribution in [1.29, 1.82) is 0 Å². The summed E-state index contributed by atoms with van der Waals surface area (Å²) >= 11 is 0. The lowest BCUT2D eigenvalue weighted by molar-refractivity contribution is -0.121. The van der Waals surface area contributed by atoms with Crippen molar-refractivity contribution in [3.05, 3.63) is 24.5 Å². The summed E-state index contributed by atoms with van der Waals surface area (Å²) in [7, 11) is 1.75. The van der Waals surface area contributed by atoms with Gasteiger partial charge in [-0.2, -0.15) is 0 Å². The molecule has 0 spiro atoms. The number of guanidine groups is 1. The third kappa shape index (κ3) is 6.76. The summed E-state index contributed by atoms with van der Waals surface area (Å²) < 4.78 is 2.11. The van der Waals surface area contributed by atoms with E-state index in [4.69, 9.17) is 0 Å². The van der Waals surface area contributed by atoms with Gasteiger partial charge in [0.05, 0.1) is 0 Å². The first-order chi connectivity index (χ1) is 11.3. The molecule has 1 aromatic heterocycles. The van der Waals surface area contributed by atoms with Crippen LogP contribution in [0, 0.1) is 5.92 Å². The van der Waals surface area contributed by atoms with E-state index in [1.165, 1.54) is 25.7 Å². The minimum absolute atomic E-state index is 0.175. The Kier molecular flexibility index (Phi) is 7.49. The summed E-state index contributed by atoms with van der Waals surface area (Å²) in [6, 6.07) is 4.03. The van der Waals surface area contributed by atoms with Gasteiger partial charge in [-0.1, -0.05) is 12.8 Å². The molecule has 0 radical (unpaired) electrons. The number of amides is 1. The van der Waals surface area contributed by atoms with Gasteiger partial charge in [0.2, 0.25) is 5.91 Å². The number of nitrogens with zero attached hydrogens (tertiary/aromatic N) is 2. The molecular formula is C17H29N5O. The van der Waals surface area contributed by atoms with Crippen LogP contribution in [-0.2, 0) is 11.3 Å². The fourth-order valence-corrected chi connectivity index (χ4v) is 2.97. The highest BCUT2D eigenvalue weighted by Crippen LogP contribution is 2.27. The average Bonchev–Trinajstić information content (AvgIpc) is 3.23. The standard InChI is InChI=1S/C17H29N5O/c1-18-17(21-10-13-22-11-4-5-12-22)20-9-8-19-16(23)14-15-6-2-3-7-15/h4-5,11-12,15H,2-3,6-10,13-14H2,1H3,(H,19,23)(H2,18,20,21). The molecule has 0 atom stereocenters. The minimum atomic E-state index is 0.175. The highest BCUT2D eigenvalue weighted by Gasteiger charge is 2.17. The van der Waals surface area contributed by atoms with Crippen molar-refractivity contribution < 1.29 is 4.79 Å². The number of carbonyl (C=O) groups excluding carboxylic acids is 1. The first kappa shape index (κ1) is 17.4. The first-order valence-corrected chi connectivity index (χ1v) is 8.60. The monoisotopic (exact) mass is 319 g/mol. The van der Waals surface area contributed by atoms with Gasteiger partial charge in [0.15, 0.2) is 5.96 Å². The molecule has 0 saturated heterocycles. The van der Waals surface area contributed by atoms with Gasteiger partial charge in [-0.25, -0.2) is 0 Å². The van der Waals surface area contributed by atoms with Gasteiger partial charge in [-0.3, -0.25) is 9.79 Å². The predicted octanol–water partition coefficient (Wildman–Crippen LogP) is 1.35. The Labute approximate surface area is 138 Å². The summed E-state index contributed by atoms with van der Waals surface area (Å²) in [5.41, 5.74) is 0. The molecule has 6 nitrogen and oxygen atoms in total. The summed E-state index contributed by atoms with van der Waals surface area (Å²) in [6.45, 7) is 3.01. The van der Waals surface area contributed by atoms with E-state index in [1.807, 2.05) is 24.5 Å². The summed E-state index contributed by atoms with van der Waals surface area (Å²) in [6.07, 6.45) is 9.75. The quantitative estimate of drug-likeness (QED) is 0.385. The van der Waals surface area contributed by atoms with Crippen molar-refractivity contribution in [3.63, 3.8) is 0 Å². The molecule has 3 N–H and O–H groups in total. The van der Waals surface area contributed by atoms with E-state index in [9.17, 15) is 4.79 Å². The Balaban J connectivity index is 1.52. The largest absolute Gasteiger partial charge is 0.355 e. The lowest BCUT2D eigenvalue weighted by atomic mass is 10.0. The van der Waals surface area contributed by atoms with Gasteiger partial charge in [0.25, 0.3) is 0 Å². The van der Waals surface area contributed by atoms with Crippen LogP contribution in [0.1, 0.15) is 32.1 Å². The number of hydrogen-bond donors (Lipinski definition) is 3. The lowest BCUT2D eigenvalue weighted by Crippen LogP contribution is -2.42. The number of aliphatic imine (C=N–C) groups is 1. The van der Waals surface area contributed by atoms with Gasteiger partial charge in [0.1, 0.15) is 0 Å². The minimum Gasteiger partial charge on any atom is -0.355 e. The topological polar surface area (TPSA) is 70.4 Å². The van der Waals surface area contributed by atoms with E-state index in [0.29, 0.717) is 25.4 Å². The smallest absolute Gasteiger partial charge is 0.220 e. The SMILES string of the molecule is CN=C(NCCNC(=O)CC1CCCC1)NCCn1cccc1. The zero-order valence-electron chi connectivity index (χ0n) is 14.1. The molecule has 1 amide bonds. The maximum Gasteiger partial charge on any atom is 0.220 e. The second-order valence-corrected chi connectivity index (χ2v) is 6.05. The van der Waals surface area contributed by atoms with Crippen LogP contribution in [0.4, 0.5) is 0 Å². The predicted molar refractivity (Wildman–Crippen MR) is 93.4 cm³/mol. The number of nitrogens with one attached hydrogen (secondary N) is 3. The van der Waals surface area contributed by atoms with Crippen LogP contribution >= 0.6 is 0 Å². The van der Waals surface area contributed by atoms with E-state index >= 15 is 0 Å². The van der Waals surface area contributed by atoms with Gasteiger partial charge in [0, 0.05) is 52.0 Å². The van der Waals surface area contributed by atoms with Gasteiger partial charge in [-0.05, 0) is 30.9 Å². The Bertz CT molecular complexity index is 477. The third-order valence-electron chi connectivity index (χ3n) is 4.24. The normalized spacial score (nSPS) is 15.6. The molecule has 6 heteroatoms. The van der Waals surface area contributed by atoms with Crippen molar-refractivity contribution in [2.75, 3.05) is 26.7 Å². The number of aromatic nitrogens is 1. The Morgan fingerprint density at radius 3 is 2.43 bits per heavy atom. The number of carbonyl (C=O) groups is 1. The zero-order chi connectivity index (χ0) is 16.3. The van der Waals surface area contributed by atoms with E-state index in [0.717, 1.165) is 19.0 Å². The summed E-state index contributed by atoms with van der Waals surface area (Å²) in [5, 5.41) is 9.45. The lowest BCUT2D eigenvalue weighted by Gasteiger charge is -2.13. The maximum absolute atomic E-state index is 11.8. The molecule has 1 saturated carbocycles. The van der Waals surface area contributed by atoms with Crippen LogP contribution in [0.15, 0.2) is 29.5 Å². The summed E-state index contributed by atoms with van der Waals surface area (Å²) in [5.74, 6) is 1.54. The fraction of sp³-hybridized carbons (Fsp3) is 0.647. The first-order valence-electron chi connectivity index (χ1n) is 8.60. The molecule has 2 rings (SSSR count). The second-order valence-electron chi connectivity index (χ2n) is 6.05. The zero-order valence-corrected chi connectivity index (χ0v) is 14.1. The Hall–Kier alpha value is -1.98. The van der Waals surface area contributed by atoms with Crippen molar-refractivity contribution >= 4 is 11.9 Å². The summed E-state index contributed by atoms with van der Waals surface area (Å²) in [4.78, 5) is 16.0. The van der Waals surface area contributed by atoms with E-state index in [-0.39, 0.29) is 5.91 Å². The molecule has 23 heavy (non-hydrogen) atoms. The van der Waals surface area contributed by atoms with Crippen LogP contribution in [0.2, 0.25) is 0 Å². The van der Waals surface area contributed by atoms with Crippen molar-refractivity contribution in [2.24, 2.45) is 10.9 Å². The van der Waals surface area contributed by atoms with Gasteiger partial charge < -0.3 is 20.5 Å². The average molecular weight is 319 g/mol. The molecule has 0 aromatic carbocycles. The molecule has 0 bridgehead atoms. The number of rotatable bonds is 8. The van der Waals surface area contributed by atoms with Crippen LogP contribution in [-0.4, -0.2) is 43.1 Å². The van der Waals surface area contributed by atoms with Gasteiger partial charge in [-0.15, -0.1) is 0 Å². The van der Waals surface area contributed by atoms with Crippen molar-refractivity contribution in [1.82, 2.24) is 20.5 Å². The van der Waals surface area contributed by atoms with Crippen LogP contribution in [0.5, 0.6) is 0 Å². The molecular weight excluding hydrogens is 290 g/mol. The molecule has 1 fully saturated rings. The van der Waals surface area contributed by atoms with Crippen LogP contribution < -0.4 is 16.0 Å². The van der Waals surface area contributed by atoms with Crippen LogP contribution in [0.3, 0.4) is 0 Å². The van der Waals surface area contributed by atoms with Crippen molar-refractivity contribution in [2.45, 2.75) is 38.6 Å². The Morgan fingerprint density at radius 1 is 1.09 bits per heavy atom. The number of hydrogen-bond acceptors (Lipinski definition) is 2. The van der Waals surface area contributed by atoms with E-state index in [2.05, 4.69) is 25.5 Å². The maximum atomic E-state index is 11.8. The molecule has 0 unspecified atom stereocenters. The molecule has 128 valence electrons. The molecule has 1 aliphatic rings. The van der Waals surface area contributed by atoms with E-state index < -0.39 is 0 Å². The van der Waals surface area contributed by atoms with Crippen LogP contribution in [0.25, 0.3) is 0 Å². The van der Waals surface area contributed by atoms with Crippen molar-refractivity contribution in [3.8, 4) is 0 Å². The second kappa shape index (κ2) is 9.92. The molecule has 1 aromatic rings. The highest BCUT2D eigenvalue weighted by molar-refractivity contribution is 5.79. The highest BCUT2D eigenvalue weighted by atomic mass is 16.1.